The number of halogens is 1. The van der Waals surface area contributed by atoms with Gasteiger partial charge in [-0.05, 0) is 47.3 Å². The molecule has 0 spiro atoms. The van der Waals surface area contributed by atoms with Crippen LogP contribution in [0.4, 0.5) is 0 Å². The van der Waals surface area contributed by atoms with E-state index in [1.54, 1.807) is 11.0 Å². The van der Waals surface area contributed by atoms with E-state index in [-0.39, 0.29) is 24.3 Å². The number of nitrogens with zero attached hydrogens (tertiary/aromatic N) is 3. The Bertz CT molecular complexity index is 682. The molecule has 2 aliphatic heterocycles. The number of carbonyl (C=O) groups excluding carboxylic acids is 3. The van der Waals surface area contributed by atoms with E-state index in [1.165, 1.54) is 17.8 Å². The maximum atomic E-state index is 12.3. The fourth-order valence-corrected chi connectivity index (χ4v) is 4.68. The molecule has 27 heavy (non-hydrogen) atoms. The number of nitrogens with one attached hydrogen (secondary N) is 1. The Hall–Kier alpha value is -1.45. The molecule has 0 aromatic carbocycles. The van der Waals surface area contributed by atoms with Crippen LogP contribution in [0.15, 0.2) is 15.9 Å². The van der Waals surface area contributed by atoms with E-state index in [9.17, 15) is 14.4 Å². The first-order chi connectivity index (χ1) is 13.0. The predicted octanol–water partition coefficient (Wildman–Crippen LogP) is 1.40. The Labute approximate surface area is 171 Å². The molecule has 148 valence electrons. The average molecular weight is 457 g/mol. The van der Waals surface area contributed by atoms with E-state index in [2.05, 4.69) is 26.1 Å². The minimum atomic E-state index is -0.232. The van der Waals surface area contributed by atoms with E-state index in [0.717, 1.165) is 29.7 Å². The summed E-state index contributed by atoms with van der Waals surface area (Å²) < 4.78 is 0.884. The number of thiophene rings is 1. The molecule has 0 bridgehead atoms. The van der Waals surface area contributed by atoms with E-state index >= 15 is 0 Å². The summed E-state index contributed by atoms with van der Waals surface area (Å²) in [6.45, 7) is 4.75. The highest BCUT2D eigenvalue weighted by Crippen LogP contribution is 2.21. The number of carbonyl (C=O) groups is 3. The molecule has 3 rings (SSSR count). The van der Waals surface area contributed by atoms with E-state index < -0.39 is 0 Å². The quantitative estimate of drug-likeness (QED) is 0.726. The summed E-state index contributed by atoms with van der Waals surface area (Å²) in [5, 5.41) is 2.68. The summed E-state index contributed by atoms with van der Waals surface area (Å²) in [7, 11) is 0. The lowest BCUT2D eigenvalue weighted by atomic mass is 10.1. The molecule has 1 aromatic heterocycles. The lowest BCUT2D eigenvalue weighted by molar-refractivity contribution is -0.135. The van der Waals surface area contributed by atoms with Crippen LogP contribution in [0.2, 0.25) is 0 Å². The molecule has 2 fully saturated rings. The maximum Gasteiger partial charge on any atom is 0.261 e. The highest BCUT2D eigenvalue weighted by Gasteiger charge is 2.25. The Kier molecular flexibility index (Phi) is 7.26. The number of piperidine rings is 1. The lowest BCUT2D eigenvalue weighted by Crippen LogP contribution is -2.53. The zero-order valence-corrected chi connectivity index (χ0v) is 17.7. The van der Waals surface area contributed by atoms with Gasteiger partial charge in [0.2, 0.25) is 11.8 Å². The first kappa shape index (κ1) is 20.3. The molecular weight excluding hydrogens is 432 g/mol. The van der Waals surface area contributed by atoms with Gasteiger partial charge in [0, 0.05) is 39.3 Å². The molecule has 0 atom stereocenters. The van der Waals surface area contributed by atoms with Crippen molar-refractivity contribution in [3.8, 4) is 0 Å². The number of rotatable bonds is 5. The third kappa shape index (κ3) is 5.76. The molecule has 1 aromatic rings. The zero-order chi connectivity index (χ0) is 19.2. The first-order valence-electron chi connectivity index (χ1n) is 9.34. The number of piperazine rings is 1. The molecule has 2 aliphatic rings. The first-order valence-corrected chi connectivity index (χ1v) is 11.0. The maximum absolute atomic E-state index is 12.3. The van der Waals surface area contributed by atoms with Gasteiger partial charge in [0.15, 0.2) is 0 Å². The van der Waals surface area contributed by atoms with Crippen LogP contribution in [0.1, 0.15) is 28.9 Å². The Morgan fingerprint density at radius 3 is 2.22 bits per heavy atom. The second-order valence-electron chi connectivity index (χ2n) is 6.88. The summed E-state index contributed by atoms with van der Waals surface area (Å²) in [4.78, 5) is 43.1. The molecule has 9 heteroatoms. The van der Waals surface area contributed by atoms with Crippen molar-refractivity contribution in [1.29, 1.82) is 0 Å². The summed E-state index contributed by atoms with van der Waals surface area (Å²) in [5.41, 5.74) is 0. The van der Waals surface area contributed by atoms with Crippen LogP contribution < -0.4 is 5.32 Å². The van der Waals surface area contributed by atoms with Gasteiger partial charge in [-0.2, -0.15) is 0 Å². The van der Waals surface area contributed by atoms with Gasteiger partial charge in [0.05, 0.1) is 21.8 Å². The Morgan fingerprint density at radius 2 is 1.59 bits per heavy atom. The van der Waals surface area contributed by atoms with Crippen LogP contribution in [0.25, 0.3) is 0 Å². The number of hydrogen-bond donors (Lipinski definition) is 1. The molecule has 2 saturated heterocycles. The Balaban J connectivity index is 1.37. The van der Waals surface area contributed by atoms with Crippen LogP contribution in [-0.2, 0) is 9.59 Å². The molecular formula is C18H25BrN4O3S. The number of hydrogen-bond acceptors (Lipinski definition) is 5. The highest BCUT2D eigenvalue weighted by molar-refractivity contribution is 9.11. The van der Waals surface area contributed by atoms with Crippen LogP contribution in [0.3, 0.4) is 0 Å². The highest BCUT2D eigenvalue weighted by atomic mass is 79.9. The molecule has 0 aliphatic carbocycles. The number of amides is 3. The van der Waals surface area contributed by atoms with Gasteiger partial charge < -0.3 is 15.1 Å². The molecule has 0 saturated carbocycles. The van der Waals surface area contributed by atoms with Crippen molar-refractivity contribution in [3.63, 3.8) is 0 Å². The largest absolute Gasteiger partial charge is 0.342 e. The summed E-state index contributed by atoms with van der Waals surface area (Å²) in [6, 6.07) is 3.54. The normalized spacial score (nSPS) is 18.4. The molecule has 7 nitrogen and oxygen atoms in total. The van der Waals surface area contributed by atoms with Crippen LogP contribution in [0.5, 0.6) is 0 Å². The monoisotopic (exact) mass is 456 g/mol. The number of likely N-dealkylation sites (tertiary alicyclic amines) is 1. The minimum Gasteiger partial charge on any atom is -0.342 e. The third-order valence-electron chi connectivity index (χ3n) is 4.99. The summed E-state index contributed by atoms with van der Waals surface area (Å²) in [5.74, 6) is -0.116. The summed E-state index contributed by atoms with van der Waals surface area (Å²) in [6.07, 6.45) is 3.41. The lowest BCUT2D eigenvalue weighted by Gasteiger charge is -2.36. The molecule has 0 unspecified atom stereocenters. The van der Waals surface area contributed by atoms with Gasteiger partial charge in [0.1, 0.15) is 0 Å². The van der Waals surface area contributed by atoms with Crippen molar-refractivity contribution in [3.05, 3.63) is 20.8 Å². The SMILES string of the molecule is O=C(NCC(=O)N1CCN(CC(=O)N2CCCCC2)CC1)c1ccc(Br)s1. The Morgan fingerprint density at radius 1 is 0.926 bits per heavy atom. The molecule has 0 radical (unpaired) electrons. The summed E-state index contributed by atoms with van der Waals surface area (Å²) >= 11 is 4.66. The molecule has 3 amide bonds. The van der Waals surface area contributed by atoms with E-state index in [4.69, 9.17) is 0 Å². The molecule has 1 N–H and O–H groups in total. The fourth-order valence-electron chi connectivity index (χ4n) is 3.38. The molecule has 3 heterocycles. The van der Waals surface area contributed by atoms with Gasteiger partial charge in [-0.25, -0.2) is 0 Å². The second kappa shape index (κ2) is 9.66. The van der Waals surface area contributed by atoms with Crippen LogP contribution in [-0.4, -0.2) is 84.8 Å². The van der Waals surface area contributed by atoms with Crippen molar-refractivity contribution < 1.29 is 14.4 Å². The van der Waals surface area contributed by atoms with Gasteiger partial charge in [-0.3, -0.25) is 19.3 Å². The van der Waals surface area contributed by atoms with Crippen molar-refractivity contribution >= 4 is 45.0 Å². The standard InChI is InChI=1S/C18H25BrN4O3S/c19-15-5-4-14(27-15)18(26)20-12-16(24)23-10-8-21(9-11-23)13-17(25)22-6-2-1-3-7-22/h4-5H,1-3,6-13H2,(H,20,26). The van der Waals surface area contributed by atoms with Crippen molar-refractivity contribution in [2.75, 3.05) is 52.4 Å². The van der Waals surface area contributed by atoms with Crippen LogP contribution >= 0.6 is 27.3 Å². The average Bonchev–Trinajstić information content (AvgIpc) is 3.13. The third-order valence-corrected chi connectivity index (χ3v) is 6.61. The van der Waals surface area contributed by atoms with Crippen molar-refractivity contribution in [1.82, 2.24) is 20.0 Å². The van der Waals surface area contributed by atoms with Crippen LogP contribution in [0, 0.1) is 0 Å². The smallest absolute Gasteiger partial charge is 0.261 e. The minimum absolute atomic E-state index is 0.00105. The second-order valence-corrected chi connectivity index (χ2v) is 9.35. The van der Waals surface area contributed by atoms with Gasteiger partial charge in [-0.15, -0.1) is 11.3 Å². The van der Waals surface area contributed by atoms with E-state index in [0.29, 0.717) is 37.6 Å². The van der Waals surface area contributed by atoms with E-state index in [1.807, 2.05) is 11.0 Å². The topological polar surface area (TPSA) is 73.0 Å². The van der Waals surface area contributed by atoms with Gasteiger partial charge >= 0.3 is 0 Å². The van der Waals surface area contributed by atoms with Crippen molar-refractivity contribution in [2.45, 2.75) is 19.3 Å². The van der Waals surface area contributed by atoms with Crippen molar-refractivity contribution in [2.24, 2.45) is 0 Å². The van der Waals surface area contributed by atoms with Gasteiger partial charge in [-0.1, -0.05) is 0 Å². The predicted molar refractivity (Wildman–Crippen MR) is 108 cm³/mol. The van der Waals surface area contributed by atoms with Gasteiger partial charge in [0.25, 0.3) is 5.91 Å². The zero-order valence-electron chi connectivity index (χ0n) is 15.3. The fraction of sp³-hybridized carbons (Fsp3) is 0.611.